The van der Waals surface area contributed by atoms with Crippen molar-refractivity contribution in [1.82, 2.24) is 0 Å². The summed E-state index contributed by atoms with van der Waals surface area (Å²) in [5.74, 6) is -1.25. The molecule has 4 heteroatoms. The van der Waals surface area contributed by atoms with Crippen LogP contribution in [-0.4, -0.2) is 0 Å². The topological polar surface area (TPSA) is 9.23 Å². The molecule has 0 unspecified atom stereocenters. The fourth-order valence-corrected chi connectivity index (χ4v) is 3.24. The highest BCUT2D eigenvalue weighted by Gasteiger charge is 2.35. The van der Waals surface area contributed by atoms with E-state index in [9.17, 15) is 13.2 Å². The van der Waals surface area contributed by atoms with Crippen LogP contribution in [-0.2, 0) is 19.0 Å². The molecule has 0 saturated heterocycles. The third-order valence-electron chi connectivity index (χ3n) is 4.96. The third-order valence-corrected chi connectivity index (χ3v) is 4.96. The lowest BCUT2D eigenvalue weighted by atomic mass is 10.0. The molecule has 0 aliphatic rings. The average Bonchev–Trinajstić information content (AvgIpc) is 2.68. The van der Waals surface area contributed by atoms with E-state index in [2.05, 4.69) is 6.92 Å². The Balaban J connectivity index is 1.80. The first kappa shape index (κ1) is 20.2. The van der Waals surface area contributed by atoms with Crippen LogP contribution in [0.25, 0.3) is 10.8 Å². The smallest absolute Gasteiger partial charge is 0.426 e. The standard InChI is InChI=1S/C24H25F3O/c1-3-5-6-7-18-9-12-21(13-10-18)24(26,27)28-23-16-19-11-8-17(4-2)14-20(19)15-22(23)25/h8-16H,3-7H2,1-2H3. The molecule has 28 heavy (non-hydrogen) atoms. The number of aryl methyl sites for hydroxylation is 2. The summed E-state index contributed by atoms with van der Waals surface area (Å²) >= 11 is 0. The van der Waals surface area contributed by atoms with Gasteiger partial charge in [-0.2, -0.15) is 8.78 Å². The number of rotatable bonds is 8. The Kier molecular flexibility index (Phi) is 6.28. The second-order valence-electron chi connectivity index (χ2n) is 7.09. The van der Waals surface area contributed by atoms with E-state index in [4.69, 9.17) is 4.74 Å². The summed E-state index contributed by atoms with van der Waals surface area (Å²) < 4.78 is 48.4. The molecule has 3 rings (SSSR count). The Morgan fingerprint density at radius 1 is 0.821 bits per heavy atom. The lowest BCUT2D eigenvalue weighted by molar-refractivity contribution is -0.186. The van der Waals surface area contributed by atoms with E-state index in [1.807, 2.05) is 19.1 Å². The summed E-state index contributed by atoms with van der Waals surface area (Å²) in [5.41, 5.74) is 1.79. The molecule has 0 radical (unpaired) electrons. The van der Waals surface area contributed by atoms with Crippen molar-refractivity contribution < 1.29 is 17.9 Å². The highest BCUT2D eigenvalue weighted by atomic mass is 19.3. The molecule has 0 spiro atoms. The molecular formula is C24H25F3O. The van der Waals surface area contributed by atoms with Gasteiger partial charge in [-0.1, -0.05) is 57.0 Å². The fraction of sp³-hybridized carbons (Fsp3) is 0.333. The van der Waals surface area contributed by atoms with Gasteiger partial charge in [0.05, 0.1) is 5.56 Å². The first-order valence-electron chi connectivity index (χ1n) is 9.81. The molecule has 0 fully saturated rings. The van der Waals surface area contributed by atoms with Crippen molar-refractivity contribution in [2.45, 2.75) is 52.1 Å². The molecule has 3 aromatic rings. The largest absolute Gasteiger partial charge is 0.426 e. The Morgan fingerprint density at radius 3 is 2.21 bits per heavy atom. The number of ether oxygens (including phenoxy) is 1. The molecule has 0 amide bonds. The molecule has 3 aromatic carbocycles. The molecule has 0 N–H and O–H groups in total. The van der Waals surface area contributed by atoms with E-state index in [1.54, 1.807) is 18.2 Å². The minimum absolute atomic E-state index is 0.285. The summed E-state index contributed by atoms with van der Waals surface area (Å²) in [6.07, 6.45) is 1.33. The SMILES string of the molecule is CCCCCc1ccc(C(F)(F)Oc2cc3ccc(CC)cc3cc2F)cc1. The van der Waals surface area contributed by atoms with Crippen LogP contribution in [0.4, 0.5) is 13.2 Å². The van der Waals surface area contributed by atoms with Crippen molar-refractivity contribution in [1.29, 1.82) is 0 Å². The minimum Gasteiger partial charge on any atom is -0.426 e. The Bertz CT molecular complexity index is 932. The van der Waals surface area contributed by atoms with Gasteiger partial charge in [0.15, 0.2) is 11.6 Å². The van der Waals surface area contributed by atoms with Crippen molar-refractivity contribution >= 4 is 10.8 Å². The van der Waals surface area contributed by atoms with Gasteiger partial charge in [0, 0.05) is 0 Å². The highest BCUT2D eigenvalue weighted by molar-refractivity contribution is 5.84. The van der Waals surface area contributed by atoms with Gasteiger partial charge in [-0.25, -0.2) is 4.39 Å². The molecule has 0 bridgehead atoms. The molecule has 0 aliphatic carbocycles. The zero-order valence-electron chi connectivity index (χ0n) is 16.3. The van der Waals surface area contributed by atoms with E-state index in [0.717, 1.165) is 43.2 Å². The number of halogens is 3. The summed E-state index contributed by atoms with van der Waals surface area (Å²) in [7, 11) is 0. The minimum atomic E-state index is -3.61. The second kappa shape index (κ2) is 8.68. The van der Waals surface area contributed by atoms with Crippen LogP contribution in [0.15, 0.2) is 54.6 Å². The van der Waals surface area contributed by atoms with Gasteiger partial charge in [-0.15, -0.1) is 0 Å². The molecule has 0 atom stereocenters. The van der Waals surface area contributed by atoms with Gasteiger partial charge in [-0.05, 0) is 65.4 Å². The molecule has 0 aliphatic heterocycles. The Morgan fingerprint density at radius 2 is 1.54 bits per heavy atom. The van der Waals surface area contributed by atoms with Crippen LogP contribution in [0.1, 0.15) is 49.8 Å². The van der Waals surface area contributed by atoms with Crippen molar-refractivity contribution in [3.8, 4) is 5.75 Å². The van der Waals surface area contributed by atoms with Crippen LogP contribution in [0.2, 0.25) is 0 Å². The molecular weight excluding hydrogens is 361 g/mol. The number of alkyl halides is 2. The maximum Gasteiger partial charge on any atom is 0.426 e. The first-order chi connectivity index (χ1) is 13.4. The number of hydrogen-bond donors (Lipinski definition) is 0. The fourth-order valence-electron chi connectivity index (χ4n) is 3.24. The molecule has 148 valence electrons. The molecule has 0 heterocycles. The lowest BCUT2D eigenvalue weighted by Gasteiger charge is -2.19. The lowest BCUT2D eigenvalue weighted by Crippen LogP contribution is -2.22. The Hall–Kier alpha value is -2.49. The summed E-state index contributed by atoms with van der Waals surface area (Å²) in [6, 6.07) is 14.2. The number of fused-ring (bicyclic) bond motifs is 1. The van der Waals surface area contributed by atoms with Crippen LogP contribution in [0.5, 0.6) is 5.75 Å². The van der Waals surface area contributed by atoms with E-state index in [0.29, 0.717) is 10.8 Å². The van der Waals surface area contributed by atoms with E-state index in [1.165, 1.54) is 24.3 Å². The first-order valence-corrected chi connectivity index (χ1v) is 9.81. The number of benzene rings is 3. The maximum atomic E-state index is 14.6. The highest BCUT2D eigenvalue weighted by Crippen LogP contribution is 2.35. The average molecular weight is 386 g/mol. The van der Waals surface area contributed by atoms with Gasteiger partial charge in [0.25, 0.3) is 0 Å². The number of unbranched alkanes of at least 4 members (excludes halogenated alkanes) is 2. The monoisotopic (exact) mass is 386 g/mol. The van der Waals surface area contributed by atoms with Gasteiger partial charge in [-0.3, -0.25) is 0 Å². The molecule has 0 saturated carbocycles. The molecule has 1 nitrogen and oxygen atoms in total. The summed E-state index contributed by atoms with van der Waals surface area (Å²) in [4.78, 5) is 0. The van der Waals surface area contributed by atoms with Gasteiger partial charge in [0.1, 0.15) is 0 Å². The van der Waals surface area contributed by atoms with Crippen molar-refractivity contribution in [2.24, 2.45) is 0 Å². The van der Waals surface area contributed by atoms with Crippen LogP contribution >= 0.6 is 0 Å². The third kappa shape index (κ3) is 4.67. The van der Waals surface area contributed by atoms with Gasteiger partial charge in [0.2, 0.25) is 0 Å². The van der Waals surface area contributed by atoms with Crippen molar-refractivity contribution in [3.05, 3.63) is 77.1 Å². The van der Waals surface area contributed by atoms with Crippen molar-refractivity contribution in [3.63, 3.8) is 0 Å². The second-order valence-corrected chi connectivity index (χ2v) is 7.09. The van der Waals surface area contributed by atoms with E-state index >= 15 is 0 Å². The number of hydrogen-bond acceptors (Lipinski definition) is 1. The predicted octanol–water partition coefficient (Wildman–Crippen LogP) is 7.40. The van der Waals surface area contributed by atoms with Crippen LogP contribution < -0.4 is 4.74 Å². The summed E-state index contributed by atoms with van der Waals surface area (Å²) in [5, 5.41) is 1.33. The quantitative estimate of drug-likeness (QED) is 0.366. The Labute approximate surface area is 164 Å². The maximum absolute atomic E-state index is 14.6. The normalized spacial score (nSPS) is 11.8. The zero-order valence-corrected chi connectivity index (χ0v) is 16.3. The van der Waals surface area contributed by atoms with Crippen LogP contribution in [0.3, 0.4) is 0 Å². The summed E-state index contributed by atoms with van der Waals surface area (Å²) in [6.45, 7) is 4.13. The van der Waals surface area contributed by atoms with Crippen LogP contribution in [0, 0.1) is 5.82 Å². The van der Waals surface area contributed by atoms with E-state index in [-0.39, 0.29) is 5.56 Å². The zero-order chi connectivity index (χ0) is 20.1. The molecule has 0 aromatic heterocycles. The van der Waals surface area contributed by atoms with Gasteiger partial charge < -0.3 is 4.74 Å². The van der Waals surface area contributed by atoms with E-state index < -0.39 is 17.7 Å². The van der Waals surface area contributed by atoms with Gasteiger partial charge >= 0.3 is 6.11 Å². The van der Waals surface area contributed by atoms with Crippen molar-refractivity contribution in [2.75, 3.05) is 0 Å². The predicted molar refractivity (Wildman–Crippen MR) is 107 cm³/mol.